The van der Waals surface area contributed by atoms with Crippen LogP contribution in [0.1, 0.15) is 229 Å². The average Bonchev–Trinajstić information content (AvgIpc) is 1.58. The normalized spacial score (nSPS) is 17.2. The second-order valence-electron chi connectivity index (χ2n) is 39.7. The van der Waals surface area contributed by atoms with Crippen molar-refractivity contribution in [1.29, 1.82) is 0 Å². The molecular formula is C130H122. The predicted molar refractivity (Wildman–Crippen MR) is 553 cm³/mol. The molecular weight excluding hydrogens is 1560 g/mol. The van der Waals surface area contributed by atoms with E-state index in [-0.39, 0.29) is 21.7 Å². The van der Waals surface area contributed by atoms with Crippen LogP contribution >= 0.6 is 0 Å². The maximum atomic E-state index is 2.45. The third-order valence-electron chi connectivity index (χ3n) is 31.8. The summed E-state index contributed by atoms with van der Waals surface area (Å²) in [5.74, 6) is 0. The monoisotopic (exact) mass is 1680 g/mol. The van der Waals surface area contributed by atoms with Crippen molar-refractivity contribution in [3.05, 3.63) is 487 Å². The van der Waals surface area contributed by atoms with E-state index in [0.717, 1.165) is 0 Å². The highest BCUT2D eigenvalue weighted by atomic mass is 14.5. The van der Waals surface area contributed by atoms with Crippen LogP contribution in [0.5, 0.6) is 0 Å². The molecule has 2 fully saturated rings. The first kappa shape index (κ1) is 85.1. The summed E-state index contributed by atoms with van der Waals surface area (Å²) in [7, 11) is 0. The molecule has 130 heavy (non-hydrogen) atoms. The summed E-state index contributed by atoms with van der Waals surface area (Å²) in [5, 5.41) is 2.76. The first-order chi connectivity index (χ1) is 63.2. The topological polar surface area (TPSA) is 0 Å². The third kappa shape index (κ3) is 14.2. The largest absolute Gasteiger partial charge is 0.0642 e. The molecule has 2 saturated carbocycles. The molecule has 8 aliphatic carbocycles. The maximum absolute atomic E-state index is 2.45. The van der Waals surface area contributed by atoms with Gasteiger partial charge in [0.15, 0.2) is 0 Å². The van der Waals surface area contributed by atoms with Crippen LogP contribution in [-0.2, 0) is 32.5 Å². The number of rotatable bonds is 6. The van der Waals surface area contributed by atoms with Gasteiger partial charge in [0.25, 0.3) is 0 Å². The Labute approximate surface area is 774 Å². The first-order valence-electron chi connectivity index (χ1n) is 48.2. The van der Waals surface area contributed by atoms with Crippen LogP contribution in [-0.4, -0.2) is 0 Å². The molecule has 17 aromatic carbocycles. The molecule has 0 nitrogen and oxygen atoms in total. The minimum Gasteiger partial charge on any atom is -0.0642 e. The lowest BCUT2D eigenvalue weighted by molar-refractivity contribution is 0.352. The molecule has 0 amide bonds. The molecule has 0 bridgehead atoms. The molecule has 2 spiro atoms. The van der Waals surface area contributed by atoms with E-state index in [1.54, 1.807) is 22.3 Å². The summed E-state index contributed by atoms with van der Waals surface area (Å²) in [6, 6.07) is 137. The summed E-state index contributed by atoms with van der Waals surface area (Å²) in [6.45, 7) is 29.4. The van der Waals surface area contributed by atoms with Crippen LogP contribution in [0.2, 0.25) is 0 Å². The molecule has 0 aromatic heterocycles. The van der Waals surface area contributed by atoms with Crippen LogP contribution in [0.25, 0.3) is 99.8 Å². The SMILES string of the molecule is CCC1(CC)c2ccccc2-c2ccc(C)cc21.Cc1cc2c(c3ccccc13)-c1ccccc1C2(C)C.Cc1ccc(-c2ccc3c(c2)C(C)(c2ccccc2)c2cc(C)ccc2-3)cc1.Cc1ccc2c(c1)C(C)(c1ccccc1)c1cc(-c3ccccc3)ccc1-2.Cc1ccc2c(c1)C1(CCCC1)c1ccccc1-2.Cc1ccc2c(c1)C1(CCCCC1)c1ccccc1-2. The molecule has 0 saturated heterocycles. The lowest BCUT2D eigenvalue weighted by Crippen LogP contribution is -2.28. The van der Waals surface area contributed by atoms with Crippen molar-refractivity contribution in [3.63, 3.8) is 0 Å². The fraction of sp³-hybridized carbons (Fsp3) is 0.231. The zero-order chi connectivity index (χ0) is 89.4. The van der Waals surface area contributed by atoms with E-state index in [9.17, 15) is 0 Å². The van der Waals surface area contributed by atoms with Gasteiger partial charge < -0.3 is 0 Å². The van der Waals surface area contributed by atoms with E-state index in [0.29, 0.717) is 10.8 Å². The molecule has 0 heteroatoms. The van der Waals surface area contributed by atoms with Crippen molar-refractivity contribution < 1.29 is 0 Å². The van der Waals surface area contributed by atoms with Crippen LogP contribution in [0.15, 0.2) is 370 Å². The first-order valence-corrected chi connectivity index (χ1v) is 48.2. The van der Waals surface area contributed by atoms with E-state index in [4.69, 9.17) is 0 Å². The Bertz CT molecular complexity index is 7050. The van der Waals surface area contributed by atoms with Gasteiger partial charge in [-0.1, -0.05) is 451 Å². The van der Waals surface area contributed by atoms with Gasteiger partial charge in [0.2, 0.25) is 0 Å². The molecule has 17 aromatic rings. The second-order valence-corrected chi connectivity index (χ2v) is 39.7. The molecule has 8 aliphatic rings. The number of benzene rings is 17. The van der Waals surface area contributed by atoms with Crippen molar-refractivity contribution in [1.82, 2.24) is 0 Å². The number of aryl methyl sites for hydroxylation is 7. The maximum Gasteiger partial charge on any atom is 0.0435 e. The van der Waals surface area contributed by atoms with E-state index in [1.165, 1.54) is 265 Å². The highest BCUT2D eigenvalue weighted by molar-refractivity contribution is 6.04. The van der Waals surface area contributed by atoms with Gasteiger partial charge in [-0.05, 0) is 296 Å². The Hall–Kier alpha value is -13.0. The second kappa shape index (κ2) is 34.1. The number of hydrogen-bond acceptors (Lipinski definition) is 0. The summed E-state index contributed by atoms with van der Waals surface area (Å²) < 4.78 is 0. The highest BCUT2D eigenvalue weighted by Crippen LogP contribution is 2.61. The van der Waals surface area contributed by atoms with Crippen molar-refractivity contribution >= 4 is 10.8 Å². The van der Waals surface area contributed by atoms with Crippen molar-refractivity contribution in [2.45, 2.75) is 193 Å². The van der Waals surface area contributed by atoms with Crippen LogP contribution < -0.4 is 0 Å². The predicted octanol–water partition coefficient (Wildman–Crippen LogP) is 34.9. The molecule has 642 valence electrons. The summed E-state index contributed by atoms with van der Waals surface area (Å²) in [5.41, 5.74) is 53.1. The molecule has 25 rings (SSSR count). The van der Waals surface area contributed by atoms with Crippen LogP contribution in [0.3, 0.4) is 0 Å². The average molecular weight is 1680 g/mol. The summed E-state index contributed by atoms with van der Waals surface area (Å²) in [6.07, 6.45) is 14.6. The van der Waals surface area contributed by atoms with E-state index in [2.05, 4.69) is 460 Å². The smallest absolute Gasteiger partial charge is 0.0435 e. The number of fused-ring (bicyclic) bond motifs is 24. The standard InChI is InChI=1S/C28H24.C27H22.C20H18.C19H20.C18H18.C18H20/c1-19-9-12-21(13-10-19)22-14-16-25-24-15-11-20(2)17-26(24)28(3,27(25)18-22)23-7-5-4-6-8-23;1-19-13-15-23-24-16-14-21(20-9-5-3-6-10-20)18-26(24)27(2,25(23)17-19)22-11-7-4-8-12-22;1-13-12-18-19(15-9-5-4-8-14(13)15)16-10-6-7-11-17(16)20(18,2)3;1-14-9-10-16-15-7-3-4-8-17(15)19(18(16)13-14)11-5-2-6-12-19;1-13-8-9-15-14-6-2-3-7-16(14)18(17(15)12-13)10-4-5-11-18;1-4-18(5-2)16-9-7-6-8-14(16)15-11-10-13(3)12-17(15)18/h4-18H,1-3H3;3-18H,1-2H3;4-12H,1-3H3;3-4,7-10,13H,2,5-6,11-12H2,1H3;2-3,6-9,12H,4-5,10-11H2,1H3;6-12H,4-5H2,1-3H3. The third-order valence-corrected chi connectivity index (χ3v) is 31.8. The van der Waals surface area contributed by atoms with Crippen molar-refractivity contribution in [3.8, 4) is 89.0 Å². The van der Waals surface area contributed by atoms with Crippen LogP contribution in [0, 0.1) is 48.5 Å². The van der Waals surface area contributed by atoms with E-state index < -0.39 is 0 Å². The lowest BCUT2D eigenvalue weighted by atomic mass is 9.68. The van der Waals surface area contributed by atoms with Crippen molar-refractivity contribution in [2.75, 3.05) is 0 Å². The summed E-state index contributed by atoms with van der Waals surface area (Å²) in [4.78, 5) is 0. The molecule has 2 atom stereocenters. The fourth-order valence-electron chi connectivity index (χ4n) is 24.9. The van der Waals surface area contributed by atoms with Gasteiger partial charge in [-0.15, -0.1) is 0 Å². The van der Waals surface area contributed by atoms with Crippen LogP contribution in [0.4, 0.5) is 0 Å². The highest BCUT2D eigenvalue weighted by Gasteiger charge is 2.48. The molecule has 0 aliphatic heterocycles. The number of hydrogen-bond donors (Lipinski definition) is 0. The van der Waals surface area contributed by atoms with Crippen molar-refractivity contribution in [2.24, 2.45) is 0 Å². The minimum absolute atomic E-state index is 0.0979. The Morgan fingerprint density at radius 1 is 0.208 bits per heavy atom. The molecule has 0 radical (unpaired) electrons. The molecule has 0 heterocycles. The molecule has 2 unspecified atom stereocenters. The van der Waals surface area contributed by atoms with Gasteiger partial charge in [0.1, 0.15) is 0 Å². The Morgan fingerprint density at radius 2 is 0.508 bits per heavy atom. The van der Waals surface area contributed by atoms with Gasteiger partial charge in [-0.3, -0.25) is 0 Å². The Balaban J connectivity index is 0.0000000985. The lowest BCUT2D eigenvalue weighted by Gasteiger charge is -2.36. The van der Waals surface area contributed by atoms with Gasteiger partial charge in [0.05, 0.1) is 0 Å². The zero-order valence-corrected chi connectivity index (χ0v) is 78.5. The van der Waals surface area contributed by atoms with E-state index in [1.807, 2.05) is 0 Å². The molecule has 0 N–H and O–H groups in total. The van der Waals surface area contributed by atoms with Gasteiger partial charge in [-0.2, -0.15) is 0 Å². The zero-order valence-electron chi connectivity index (χ0n) is 78.5. The van der Waals surface area contributed by atoms with Gasteiger partial charge in [0, 0.05) is 32.5 Å². The van der Waals surface area contributed by atoms with Gasteiger partial charge in [-0.25, -0.2) is 0 Å². The quantitative estimate of drug-likeness (QED) is 0.156. The fourth-order valence-corrected chi connectivity index (χ4v) is 24.9. The van der Waals surface area contributed by atoms with E-state index >= 15 is 0 Å². The Morgan fingerprint density at radius 3 is 0.954 bits per heavy atom. The van der Waals surface area contributed by atoms with Gasteiger partial charge >= 0.3 is 0 Å². The Kier molecular flexibility index (Phi) is 22.3. The summed E-state index contributed by atoms with van der Waals surface area (Å²) >= 11 is 0. The minimum atomic E-state index is -0.140.